The third kappa shape index (κ3) is 3.10. The van der Waals surface area contributed by atoms with E-state index in [1.54, 1.807) is 38.2 Å². The minimum Gasteiger partial charge on any atom is -0.493 e. The molecule has 0 aliphatic heterocycles. The van der Waals surface area contributed by atoms with Gasteiger partial charge < -0.3 is 14.6 Å². The summed E-state index contributed by atoms with van der Waals surface area (Å²) in [4.78, 5) is 16.8. The van der Waals surface area contributed by atoms with Gasteiger partial charge in [0.2, 0.25) is 0 Å². The summed E-state index contributed by atoms with van der Waals surface area (Å²) in [6.45, 7) is 1.99. The number of hydrogen-bond acceptors (Lipinski definition) is 5. The van der Waals surface area contributed by atoms with E-state index < -0.39 is 12.0 Å². The maximum absolute atomic E-state index is 10.9. The maximum atomic E-state index is 10.9. The Morgan fingerprint density at radius 3 is 2.67 bits per heavy atom. The van der Waals surface area contributed by atoms with Gasteiger partial charge in [0.1, 0.15) is 11.7 Å². The summed E-state index contributed by atoms with van der Waals surface area (Å²) in [7, 11) is 4.80. The fourth-order valence-electron chi connectivity index (χ4n) is 1.52. The van der Waals surface area contributed by atoms with Crippen molar-refractivity contribution in [3.63, 3.8) is 0 Å². The lowest BCUT2D eigenvalue weighted by atomic mass is 10.2. The van der Waals surface area contributed by atoms with Crippen LogP contribution in [0.4, 0.5) is 0 Å². The molecule has 0 spiro atoms. The van der Waals surface area contributed by atoms with Crippen LogP contribution in [0, 0.1) is 0 Å². The van der Waals surface area contributed by atoms with Crippen molar-refractivity contribution in [2.75, 3.05) is 21.3 Å². The lowest BCUT2D eigenvalue weighted by Gasteiger charge is -2.22. The molecule has 0 aliphatic carbocycles. The molecular weight excluding hydrogens is 236 g/mol. The van der Waals surface area contributed by atoms with Crippen LogP contribution in [0.3, 0.4) is 0 Å². The Morgan fingerprint density at radius 1 is 1.50 bits per heavy atom. The minimum atomic E-state index is -0.876. The fraction of sp³-hybridized carbons (Fsp3) is 0.500. The van der Waals surface area contributed by atoms with Crippen LogP contribution in [-0.4, -0.2) is 48.3 Å². The molecule has 6 heteroatoms. The number of methoxy groups -OCH3 is 2. The summed E-state index contributed by atoms with van der Waals surface area (Å²) in [5, 5.41) is 8.94. The second kappa shape index (κ2) is 6.20. The summed E-state index contributed by atoms with van der Waals surface area (Å²) >= 11 is 0. The molecule has 1 rings (SSSR count). The van der Waals surface area contributed by atoms with Gasteiger partial charge in [-0.05, 0) is 14.0 Å². The van der Waals surface area contributed by atoms with Crippen molar-refractivity contribution in [2.24, 2.45) is 0 Å². The monoisotopic (exact) mass is 254 g/mol. The number of hydrogen-bond donors (Lipinski definition) is 1. The number of rotatable bonds is 6. The van der Waals surface area contributed by atoms with E-state index in [0.29, 0.717) is 23.7 Å². The molecular formula is C12H18N2O4. The standard InChI is InChI=1S/C12H18N2O4/c1-8(12(15)16)14(2)7-9-11(18-4)10(17-3)5-6-13-9/h5-6,8H,7H2,1-4H3,(H,15,16). The van der Waals surface area contributed by atoms with Gasteiger partial charge in [-0.25, -0.2) is 0 Å². The molecule has 6 nitrogen and oxygen atoms in total. The molecule has 0 radical (unpaired) electrons. The van der Waals surface area contributed by atoms with Crippen molar-refractivity contribution in [3.8, 4) is 11.5 Å². The normalized spacial score (nSPS) is 12.3. The molecule has 0 saturated heterocycles. The van der Waals surface area contributed by atoms with Crippen molar-refractivity contribution in [3.05, 3.63) is 18.0 Å². The van der Waals surface area contributed by atoms with Crippen LogP contribution in [0.2, 0.25) is 0 Å². The number of nitrogens with zero attached hydrogens (tertiary/aromatic N) is 2. The van der Waals surface area contributed by atoms with E-state index in [1.165, 1.54) is 7.11 Å². The predicted molar refractivity (Wildman–Crippen MR) is 65.9 cm³/mol. The highest BCUT2D eigenvalue weighted by molar-refractivity contribution is 5.72. The zero-order chi connectivity index (χ0) is 13.7. The first-order valence-corrected chi connectivity index (χ1v) is 5.50. The Bertz CT molecular complexity index is 423. The van der Waals surface area contributed by atoms with Crippen LogP contribution in [0.15, 0.2) is 12.3 Å². The molecule has 0 aliphatic rings. The predicted octanol–water partition coefficient (Wildman–Crippen LogP) is 1.00. The fourth-order valence-corrected chi connectivity index (χ4v) is 1.52. The number of pyridine rings is 1. The van der Waals surface area contributed by atoms with Crippen molar-refractivity contribution in [1.29, 1.82) is 0 Å². The summed E-state index contributed by atoms with van der Waals surface area (Å²) in [5.74, 6) is 0.239. The third-order valence-electron chi connectivity index (χ3n) is 2.78. The molecule has 100 valence electrons. The zero-order valence-electron chi connectivity index (χ0n) is 11.0. The number of carboxylic acids is 1. The van der Waals surface area contributed by atoms with Crippen molar-refractivity contribution in [2.45, 2.75) is 19.5 Å². The Balaban J connectivity index is 2.93. The van der Waals surface area contributed by atoms with E-state index in [9.17, 15) is 4.79 Å². The minimum absolute atomic E-state index is 0.369. The molecule has 1 atom stereocenters. The van der Waals surface area contributed by atoms with Gasteiger partial charge in [0.15, 0.2) is 11.5 Å². The average molecular weight is 254 g/mol. The number of aromatic nitrogens is 1. The van der Waals surface area contributed by atoms with Crippen LogP contribution < -0.4 is 9.47 Å². The molecule has 0 saturated carbocycles. The molecule has 1 N–H and O–H groups in total. The van der Waals surface area contributed by atoms with Crippen LogP contribution in [0.1, 0.15) is 12.6 Å². The van der Waals surface area contributed by atoms with Crippen molar-refractivity contribution < 1.29 is 19.4 Å². The van der Waals surface area contributed by atoms with Crippen LogP contribution in [-0.2, 0) is 11.3 Å². The number of carbonyl (C=O) groups is 1. The van der Waals surface area contributed by atoms with Gasteiger partial charge in [-0.1, -0.05) is 0 Å². The van der Waals surface area contributed by atoms with E-state index in [2.05, 4.69) is 4.98 Å². The lowest BCUT2D eigenvalue weighted by Crippen LogP contribution is -2.35. The Morgan fingerprint density at radius 2 is 2.17 bits per heavy atom. The zero-order valence-corrected chi connectivity index (χ0v) is 11.0. The van der Waals surface area contributed by atoms with E-state index in [0.717, 1.165) is 0 Å². The summed E-state index contributed by atoms with van der Waals surface area (Å²) in [6, 6.07) is 1.10. The first kappa shape index (κ1) is 14.2. The lowest BCUT2D eigenvalue weighted by molar-refractivity contribution is -0.142. The largest absolute Gasteiger partial charge is 0.493 e. The van der Waals surface area contributed by atoms with Crippen molar-refractivity contribution in [1.82, 2.24) is 9.88 Å². The molecule has 1 unspecified atom stereocenters. The topological polar surface area (TPSA) is 71.9 Å². The Kier molecular flexibility index (Phi) is 4.91. The molecule has 0 amide bonds. The third-order valence-corrected chi connectivity index (χ3v) is 2.78. The highest BCUT2D eigenvalue weighted by Gasteiger charge is 2.20. The molecule has 1 heterocycles. The van der Waals surface area contributed by atoms with Gasteiger partial charge in [0.25, 0.3) is 0 Å². The summed E-state index contributed by atoms with van der Waals surface area (Å²) < 4.78 is 10.4. The van der Waals surface area contributed by atoms with E-state index in [-0.39, 0.29) is 0 Å². The average Bonchev–Trinajstić information content (AvgIpc) is 2.37. The summed E-state index contributed by atoms with van der Waals surface area (Å²) in [5.41, 5.74) is 0.646. The SMILES string of the molecule is COc1ccnc(CN(C)C(C)C(=O)O)c1OC. The van der Waals surface area contributed by atoms with Gasteiger partial charge in [-0.3, -0.25) is 14.7 Å². The van der Waals surface area contributed by atoms with E-state index in [1.807, 2.05) is 0 Å². The quantitative estimate of drug-likeness (QED) is 0.816. The smallest absolute Gasteiger partial charge is 0.320 e. The van der Waals surface area contributed by atoms with E-state index in [4.69, 9.17) is 14.6 Å². The van der Waals surface area contributed by atoms with Crippen LogP contribution in [0.25, 0.3) is 0 Å². The summed E-state index contributed by atoms with van der Waals surface area (Å²) in [6.07, 6.45) is 1.61. The van der Waals surface area contributed by atoms with Gasteiger partial charge in [0.05, 0.1) is 14.2 Å². The second-order valence-corrected chi connectivity index (χ2v) is 3.92. The van der Waals surface area contributed by atoms with Crippen LogP contribution in [0.5, 0.6) is 11.5 Å². The molecule has 1 aromatic rings. The van der Waals surface area contributed by atoms with E-state index >= 15 is 0 Å². The van der Waals surface area contributed by atoms with Gasteiger partial charge in [-0.2, -0.15) is 0 Å². The van der Waals surface area contributed by atoms with Gasteiger partial charge >= 0.3 is 5.97 Å². The number of likely N-dealkylation sites (N-methyl/N-ethyl adjacent to an activating group) is 1. The highest BCUT2D eigenvalue weighted by atomic mass is 16.5. The second-order valence-electron chi connectivity index (χ2n) is 3.92. The number of ether oxygens (including phenoxy) is 2. The molecule has 1 aromatic heterocycles. The molecule has 0 bridgehead atoms. The first-order valence-electron chi connectivity index (χ1n) is 5.50. The Labute approximate surface area is 106 Å². The molecule has 0 fully saturated rings. The molecule has 18 heavy (non-hydrogen) atoms. The molecule has 0 aromatic carbocycles. The maximum Gasteiger partial charge on any atom is 0.320 e. The number of aliphatic carboxylic acids is 1. The Hall–Kier alpha value is -1.82. The van der Waals surface area contributed by atoms with Crippen LogP contribution >= 0.6 is 0 Å². The first-order chi connectivity index (χ1) is 8.51. The van der Waals surface area contributed by atoms with Crippen molar-refractivity contribution >= 4 is 5.97 Å². The number of carboxylic acid groups (broad SMARTS) is 1. The van der Waals surface area contributed by atoms with Gasteiger partial charge in [0, 0.05) is 18.8 Å². The van der Waals surface area contributed by atoms with Gasteiger partial charge in [-0.15, -0.1) is 0 Å². The highest BCUT2D eigenvalue weighted by Crippen LogP contribution is 2.29.